The van der Waals surface area contributed by atoms with E-state index in [4.69, 9.17) is 0 Å². The van der Waals surface area contributed by atoms with Crippen LogP contribution in [0.15, 0.2) is 30.0 Å². The molecule has 0 aromatic carbocycles. The minimum absolute atomic E-state index is 0.538. The number of hydrogen-bond donors (Lipinski definition) is 0. The van der Waals surface area contributed by atoms with Gasteiger partial charge in [-0.2, -0.15) is 0 Å². The lowest BCUT2D eigenvalue weighted by atomic mass is 9.60. The summed E-state index contributed by atoms with van der Waals surface area (Å²) >= 11 is 1.81. The first kappa shape index (κ1) is 18.7. The second kappa shape index (κ2) is 7.85. The minimum atomic E-state index is 0.538. The highest BCUT2D eigenvalue weighted by Gasteiger charge is 2.54. The van der Waals surface area contributed by atoms with Gasteiger partial charge in [0.15, 0.2) is 0 Å². The molecule has 5 rings (SSSR count). The van der Waals surface area contributed by atoms with Gasteiger partial charge in [0, 0.05) is 60.9 Å². The van der Waals surface area contributed by atoms with Crippen LogP contribution in [0, 0.1) is 12.3 Å². The van der Waals surface area contributed by atoms with E-state index in [0.29, 0.717) is 11.5 Å². The molecular weight excluding hydrogens is 364 g/mol. The average molecular weight is 397 g/mol. The number of thiazole rings is 1. The maximum Gasteiger partial charge on any atom is 0.0798 e. The highest BCUT2D eigenvalue weighted by molar-refractivity contribution is 7.09. The molecule has 3 fully saturated rings. The molecule has 0 radical (unpaired) electrons. The van der Waals surface area contributed by atoms with Gasteiger partial charge in [-0.1, -0.05) is 19.3 Å². The molecule has 1 saturated carbocycles. The van der Waals surface area contributed by atoms with Crippen LogP contribution in [0.5, 0.6) is 0 Å². The lowest BCUT2D eigenvalue weighted by molar-refractivity contribution is -0.133. The molecule has 2 aromatic rings. The number of rotatable bonds is 4. The monoisotopic (exact) mass is 396 g/mol. The quantitative estimate of drug-likeness (QED) is 0.742. The molecule has 28 heavy (non-hydrogen) atoms. The molecule has 1 aliphatic carbocycles. The van der Waals surface area contributed by atoms with Crippen molar-refractivity contribution in [2.24, 2.45) is 5.41 Å². The molecule has 2 aromatic heterocycles. The second-order valence-corrected chi connectivity index (χ2v) is 10.1. The van der Waals surface area contributed by atoms with Crippen LogP contribution in [0.25, 0.3) is 0 Å². The van der Waals surface area contributed by atoms with Crippen molar-refractivity contribution in [2.45, 2.75) is 70.5 Å². The SMILES string of the molecule is Cc1ncsc1CN1CCC(N2CC3(CCCCC3)C2c2ccncc2)CC1. The van der Waals surface area contributed by atoms with Crippen LogP contribution in [-0.4, -0.2) is 45.4 Å². The molecule has 0 N–H and O–H groups in total. The number of nitrogens with zero attached hydrogens (tertiary/aromatic N) is 4. The second-order valence-electron chi connectivity index (χ2n) is 9.15. The fraction of sp³-hybridized carbons (Fsp3) is 0.652. The van der Waals surface area contributed by atoms with Crippen LogP contribution in [0.1, 0.15) is 67.1 Å². The molecule has 0 amide bonds. The third-order valence-electron chi connectivity index (χ3n) is 7.52. The molecular formula is C23H32N4S. The molecule has 150 valence electrons. The molecule has 1 spiro atoms. The first-order valence-corrected chi connectivity index (χ1v) is 11.9. The highest BCUT2D eigenvalue weighted by atomic mass is 32.1. The molecule has 5 heteroatoms. The zero-order valence-electron chi connectivity index (χ0n) is 17.0. The van der Waals surface area contributed by atoms with Gasteiger partial charge in [0.1, 0.15) is 0 Å². The number of aryl methyl sites for hydroxylation is 1. The first-order valence-electron chi connectivity index (χ1n) is 11.0. The van der Waals surface area contributed by atoms with Crippen molar-refractivity contribution in [2.75, 3.05) is 19.6 Å². The van der Waals surface area contributed by atoms with E-state index in [1.807, 2.05) is 29.2 Å². The Kier molecular flexibility index (Phi) is 5.24. The van der Waals surface area contributed by atoms with E-state index < -0.39 is 0 Å². The van der Waals surface area contributed by atoms with E-state index in [1.54, 1.807) is 0 Å². The van der Waals surface area contributed by atoms with E-state index in [1.165, 1.54) is 80.7 Å². The summed E-state index contributed by atoms with van der Waals surface area (Å²) in [6.07, 6.45) is 13.7. The first-order chi connectivity index (χ1) is 13.8. The van der Waals surface area contributed by atoms with Gasteiger partial charge in [-0.05, 0) is 50.3 Å². The van der Waals surface area contributed by atoms with Crippen molar-refractivity contribution < 1.29 is 0 Å². The van der Waals surface area contributed by atoms with Crippen LogP contribution in [-0.2, 0) is 6.54 Å². The van der Waals surface area contributed by atoms with E-state index in [9.17, 15) is 0 Å². The number of aromatic nitrogens is 2. The summed E-state index contributed by atoms with van der Waals surface area (Å²) in [4.78, 5) is 15.6. The smallest absolute Gasteiger partial charge is 0.0798 e. The Bertz CT molecular complexity index is 775. The summed E-state index contributed by atoms with van der Waals surface area (Å²) in [6, 6.07) is 5.91. The normalized spacial score (nSPS) is 26.4. The van der Waals surface area contributed by atoms with Gasteiger partial charge in [0.2, 0.25) is 0 Å². The van der Waals surface area contributed by atoms with Crippen LogP contribution < -0.4 is 0 Å². The maximum absolute atomic E-state index is 4.42. The van der Waals surface area contributed by atoms with Crippen molar-refractivity contribution in [1.82, 2.24) is 19.8 Å². The van der Waals surface area contributed by atoms with Crippen LogP contribution in [0.2, 0.25) is 0 Å². The molecule has 4 heterocycles. The Morgan fingerprint density at radius 1 is 1.11 bits per heavy atom. The Labute approximate surface area is 173 Å². The predicted molar refractivity (Wildman–Crippen MR) is 114 cm³/mol. The Hall–Kier alpha value is -1.30. The van der Waals surface area contributed by atoms with Crippen molar-refractivity contribution in [3.8, 4) is 0 Å². The minimum Gasteiger partial charge on any atom is -0.298 e. The fourth-order valence-corrected chi connectivity index (χ4v) is 6.81. The number of piperidine rings is 1. The number of likely N-dealkylation sites (tertiary alicyclic amines) is 2. The molecule has 2 saturated heterocycles. The van der Waals surface area contributed by atoms with Crippen LogP contribution in [0.3, 0.4) is 0 Å². The van der Waals surface area contributed by atoms with Gasteiger partial charge >= 0.3 is 0 Å². The Morgan fingerprint density at radius 3 is 2.54 bits per heavy atom. The Balaban J connectivity index is 1.26. The highest BCUT2D eigenvalue weighted by Crippen LogP contribution is 2.58. The molecule has 3 aliphatic rings. The summed E-state index contributed by atoms with van der Waals surface area (Å²) in [7, 11) is 0. The lowest BCUT2D eigenvalue weighted by Crippen LogP contribution is -2.63. The van der Waals surface area contributed by atoms with Crippen molar-refractivity contribution in [3.05, 3.63) is 46.2 Å². The number of hydrogen-bond acceptors (Lipinski definition) is 5. The molecule has 4 nitrogen and oxygen atoms in total. The van der Waals surface area contributed by atoms with Crippen molar-refractivity contribution in [3.63, 3.8) is 0 Å². The summed E-state index contributed by atoms with van der Waals surface area (Å²) < 4.78 is 0. The fourth-order valence-electron chi connectivity index (χ4n) is 5.99. The maximum atomic E-state index is 4.42. The van der Waals surface area contributed by atoms with E-state index in [2.05, 4.69) is 38.8 Å². The van der Waals surface area contributed by atoms with Gasteiger partial charge in [0.05, 0.1) is 11.2 Å². The lowest BCUT2D eigenvalue weighted by Gasteiger charge is -2.63. The van der Waals surface area contributed by atoms with Crippen molar-refractivity contribution >= 4 is 11.3 Å². The summed E-state index contributed by atoms with van der Waals surface area (Å²) in [5.41, 5.74) is 5.24. The molecule has 2 aliphatic heterocycles. The van der Waals surface area contributed by atoms with E-state index in [-0.39, 0.29) is 0 Å². The number of pyridine rings is 1. The van der Waals surface area contributed by atoms with Gasteiger partial charge in [0.25, 0.3) is 0 Å². The molecule has 1 unspecified atom stereocenters. The average Bonchev–Trinajstić information content (AvgIpc) is 3.13. The zero-order valence-corrected chi connectivity index (χ0v) is 17.8. The molecule has 0 bridgehead atoms. The largest absolute Gasteiger partial charge is 0.298 e. The Morgan fingerprint density at radius 2 is 1.86 bits per heavy atom. The topological polar surface area (TPSA) is 32.3 Å². The molecule has 1 atom stereocenters. The standard InChI is InChI=1S/C23H32N4S/c1-18-21(28-17-25-18)15-26-13-7-20(8-14-26)27-16-23(9-3-2-4-10-23)22(27)19-5-11-24-12-6-19/h5-6,11-12,17,20,22H,2-4,7-10,13-16H2,1H3. The summed E-state index contributed by atoms with van der Waals surface area (Å²) in [6.45, 7) is 6.98. The van der Waals surface area contributed by atoms with Gasteiger partial charge in [-0.3, -0.25) is 14.8 Å². The zero-order chi connectivity index (χ0) is 19.0. The van der Waals surface area contributed by atoms with Crippen LogP contribution >= 0.6 is 11.3 Å². The van der Waals surface area contributed by atoms with Crippen LogP contribution in [0.4, 0.5) is 0 Å². The van der Waals surface area contributed by atoms with Gasteiger partial charge in [-0.15, -0.1) is 11.3 Å². The predicted octanol–water partition coefficient (Wildman–Crippen LogP) is 4.82. The van der Waals surface area contributed by atoms with E-state index >= 15 is 0 Å². The van der Waals surface area contributed by atoms with E-state index in [0.717, 1.165) is 12.6 Å². The van der Waals surface area contributed by atoms with Gasteiger partial charge < -0.3 is 0 Å². The van der Waals surface area contributed by atoms with Gasteiger partial charge in [-0.25, -0.2) is 4.98 Å². The third kappa shape index (κ3) is 3.42. The van der Waals surface area contributed by atoms with Crippen molar-refractivity contribution in [1.29, 1.82) is 0 Å². The summed E-state index contributed by atoms with van der Waals surface area (Å²) in [5, 5.41) is 0. The summed E-state index contributed by atoms with van der Waals surface area (Å²) in [5.74, 6) is 0. The third-order valence-corrected chi connectivity index (χ3v) is 8.44.